The molecule has 1 amide bonds. The topological polar surface area (TPSA) is 68.0 Å². The van der Waals surface area contributed by atoms with Gasteiger partial charge in [0.15, 0.2) is 0 Å². The second-order valence-corrected chi connectivity index (χ2v) is 6.91. The molecular weight excluding hydrogens is 322 g/mol. The Bertz CT molecular complexity index is 837. The number of anilines is 1. The molecule has 0 atom stereocenters. The van der Waals surface area contributed by atoms with Gasteiger partial charge in [0.1, 0.15) is 16.5 Å². The number of carbonyl (C=O) groups is 1. The van der Waals surface area contributed by atoms with E-state index < -0.39 is 0 Å². The van der Waals surface area contributed by atoms with Crippen molar-refractivity contribution in [2.45, 2.75) is 31.6 Å². The highest BCUT2D eigenvalue weighted by Crippen LogP contribution is 2.42. The first-order valence-electron chi connectivity index (χ1n) is 8.05. The lowest BCUT2D eigenvalue weighted by Crippen LogP contribution is -2.11. The molecule has 0 aliphatic heterocycles. The van der Waals surface area contributed by atoms with E-state index in [-0.39, 0.29) is 5.91 Å². The predicted octanol–water partition coefficient (Wildman–Crippen LogP) is 4.25. The molecule has 5 nitrogen and oxygen atoms in total. The van der Waals surface area contributed by atoms with Crippen molar-refractivity contribution in [1.82, 2.24) is 10.2 Å². The van der Waals surface area contributed by atoms with Crippen molar-refractivity contribution in [3.05, 3.63) is 53.2 Å². The Kier molecular flexibility index (Phi) is 4.13. The summed E-state index contributed by atoms with van der Waals surface area (Å²) in [6.45, 7) is 0. The van der Waals surface area contributed by atoms with Gasteiger partial charge in [-0.25, -0.2) is 0 Å². The summed E-state index contributed by atoms with van der Waals surface area (Å²) in [4.78, 5) is 12.0. The molecule has 122 valence electrons. The van der Waals surface area contributed by atoms with Crippen molar-refractivity contribution in [2.75, 3.05) is 5.32 Å². The number of amides is 1. The van der Waals surface area contributed by atoms with Gasteiger partial charge in [-0.05, 0) is 25.0 Å². The Morgan fingerprint density at radius 1 is 1.17 bits per heavy atom. The van der Waals surface area contributed by atoms with Crippen LogP contribution >= 0.6 is 11.3 Å². The maximum atomic E-state index is 12.0. The quantitative estimate of drug-likeness (QED) is 0.729. The Labute approximate surface area is 143 Å². The molecule has 2 heterocycles. The zero-order chi connectivity index (χ0) is 16.4. The van der Waals surface area contributed by atoms with E-state index >= 15 is 0 Å². The van der Waals surface area contributed by atoms with Crippen LogP contribution < -0.4 is 5.32 Å². The SMILES string of the molecule is O=C(CCc1ccc(-c2ccccc2)o1)Nc1nnc(C2CC2)s1. The van der Waals surface area contributed by atoms with E-state index in [4.69, 9.17) is 4.42 Å². The van der Waals surface area contributed by atoms with Gasteiger partial charge in [0.2, 0.25) is 11.0 Å². The van der Waals surface area contributed by atoms with Gasteiger partial charge in [-0.1, -0.05) is 41.7 Å². The summed E-state index contributed by atoms with van der Waals surface area (Å²) in [7, 11) is 0. The van der Waals surface area contributed by atoms with E-state index in [0.717, 1.165) is 22.1 Å². The molecule has 3 aromatic rings. The third-order valence-corrected chi connectivity index (χ3v) is 4.93. The number of rotatable bonds is 6. The van der Waals surface area contributed by atoms with E-state index in [9.17, 15) is 4.79 Å². The lowest BCUT2D eigenvalue weighted by molar-refractivity contribution is -0.116. The Balaban J connectivity index is 1.31. The molecular formula is C18H17N3O2S. The molecule has 2 aromatic heterocycles. The van der Waals surface area contributed by atoms with Gasteiger partial charge in [0, 0.05) is 24.3 Å². The average molecular weight is 339 g/mol. The van der Waals surface area contributed by atoms with Crippen molar-refractivity contribution >= 4 is 22.4 Å². The number of furan rings is 1. The minimum absolute atomic E-state index is 0.0637. The van der Waals surface area contributed by atoms with Crippen molar-refractivity contribution < 1.29 is 9.21 Å². The molecule has 0 saturated heterocycles. The molecule has 0 spiro atoms. The van der Waals surface area contributed by atoms with Crippen molar-refractivity contribution in [3.8, 4) is 11.3 Å². The maximum absolute atomic E-state index is 12.0. The lowest BCUT2D eigenvalue weighted by atomic mass is 10.2. The van der Waals surface area contributed by atoms with E-state index in [1.807, 2.05) is 42.5 Å². The third-order valence-electron chi connectivity index (χ3n) is 3.93. The molecule has 6 heteroatoms. The summed E-state index contributed by atoms with van der Waals surface area (Å²) in [5.74, 6) is 2.13. The fourth-order valence-corrected chi connectivity index (χ4v) is 3.40. The zero-order valence-corrected chi connectivity index (χ0v) is 13.9. The van der Waals surface area contributed by atoms with Crippen LogP contribution in [-0.2, 0) is 11.2 Å². The summed E-state index contributed by atoms with van der Waals surface area (Å²) in [5, 5.41) is 12.6. The van der Waals surface area contributed by atoms with Crippen LogP contribution in [0.2, 0.25) is 0 Å². The van der Waals surface area contributed by atoms with Gasteiger partial charge < -0.3 is 9.73 Å². The van der Waals surface area contributed by atoms with Crippen LogP contribution in [0.4, 0.5) is 5.13 Å². The number of carbonyl (C=O) groups excluding carboxylic acids is 1. The van der Waals surface area contributed by atoms with E-state index in [2.05, 4.69) is 15.5 Å². The lowest BCUT2D eigenvalue weighted by Gasteiger charge is -2.00. The van der Waals surface area contributed by atoms with Crippen LogP contribution in [0.3, 0.4) is 0 Å². The third kappa shape index (κ3) is 3.54. The minimum atomic E-state index is -0.0637. The van der Waals surface area contributed by atoms with Gasteiger partial charge in [-0.2, -0.15) is 0 Å². The summed E-state index contributed by atoms with van der Waals surface area (Å²) in [6, 6.07) is 13.8. The van der Waals surface area contributed by atoms with Crippen molar-refractivity contribution in [1.29, 1.82) is 0 Å². The molecule has 0 radical (unpaired) electrons. The molecule has 4 rings (SSSR count). The number of benzene rings is 1. The highest BCUT2D eigenvalue weighted by Gasteiger charge is 2.27. The normalized spacial score (nSPS) is 13.8. The predicted molar refractivity (Wildman–Crippen MR) is 93.0 cm³/mol. The standard InChI is InChI=1S/C18H17N3O2S/c22-16(19-18-21-20-17(24-18)13-6-7-13)11-9-14-8-10-15(23-14)12-4-2-1-3-5-12/h1-5,8,10,13H,6-7,9,11H2,(H,19,21,22). The molecule has 0 bridgehead atoms. The fourth-order valence-electron chi connectivity index (χ4n) is 2.47. The monoisotopic (exact) mass is 339 g/mol. The number of aromatic nitrogens is 2. The highest BCUT2D eigenvalue weighted by atomic mass is 32.1. The smallest absolute Gasteiger partial charge is 0.226 e. The van der Waals surface area contributed by atoms with Crippen LogP contribution in [0.1, 0.15) is 35.9 Å². The molecule has 1 N–H and O–H groups in total. The van der Waals surface area contributed by atoms with Crippen molar-refractivity contribution in [3.63, 3.8) is 0 Å². The van der Waals surface area contributed by atoms with Crippen LogP contribution in [0.15, 0.2) is 46.9 Å². The van der Waals surface area contributed by atoms with Gasteiger partial charge in [0.25, 0.3) is 0 Å². The van der Waals surface area contributed by atoms with Gasteiger partial charge >= 0.3 is 0 Å². The number of nitrogens with zero attached hydrogens (tertiary/aromatic N) is 2. The molecule has 24 heavy (non-hydrogen) atoms. The Morgan fingerprint density at radius 3 is 2.79 bits per heavy atom. The second-order valence-electron chi connectivity index (χ2n) is 5.90. The summed E-state index contributed by atoms with van der Waals surface area (Å²) in [5.41, 5.74) is 1.04. The molecule has 1 aliphatic rings. The van der Waals surface area contributed by atoms with Crippen molar-refractivity contribution in [2.24, 2.45) is 0 Å². The first-order chi connectivity index (χ1) is 11.8. The maximum Gasteiger partial charge on any atom is 0.226 e. The van der Waals surface area contributed by atoms with Crippen LogP contribution in [-0.4, -0.2) is 16.1 Å². The van der Waals surface area contributed by atoms with E-state index in [1.165, 1.54) is 24.2 Å². The first-order valence-corrected chi connectivity index (χ1v) is 8.87. The van der Waals surface area contributed by atoms with E-state index in [0.29, 0.717) is 23.9 Å². The Morgan fingerprint density at radius 2 is 2.00 bits per heavy atom. The number of hydrogen-bond donors (Lipinski definition) is 1. The van der Waals surface area contributed by atoms with Gasteiger partial charge in [0.05, 0.1) is 0 Å². The summed E-state index contributed by atoms with van der Waals surface area (Å²) >= 11 is 1.48. The van der Waals surface area contributed by atoms with Crippen LogP contribution in [0.5, 0.6) is 0 Å². The second kappa shape index (κ2) is 6.57. The highest BCUT2D eigenvalue weighted by molar-refractivity contribution is 7.15. The fraction of sp³-hybridized carbons (Fsp3) is 0.278. The Hall–Kier alpha value is -2.47. The number of nitrogens with one attached hydrogen (secondary N) is 1. The van der Waals surface area contributed by atoms with Gasteiger partial charge in [-0.15, -0.1) is 10.2 Å². The molecule has 1 saturated carbocycles. The number of hydrogen-bond acceptors (Lipinski definition) is 5. The number of aryl methyl sites for hydroxylation is 1. The van der Waals surface area contributed by atoms with Crippen LogP contribution in [0, 0.1) is 0 Å². The molecule has 1 fully saturated rings. The van der Waals surface area contributed by atoms with Gasteiger partial charge in [-0.3, -0.25) is 4.79 Å². The summed E-state index contributed by atoms with van der Waals surface area (Å²) in [6.07, 6.45) is 3.29. The van der Waals surface area contributed by atoms with E-state index in [1.54, 1.807) is 0 Å². The zero-order valence-electron chi connectivity index (χ0n) is 13.1. The molecule has 0 unspecified atom stereocenters. The molecule has 1 aliphatic carbocycles. The molecule has 1 aromatic carbocycles. The first kappa shape index (κ1) is 15.1. The average Bonchev–Trinajstić information content (AvgIpc) is 3.17. The summed E-state index contributed by atoms with van der Waals surface area (Å²) < 4.78 is 5.81. The van der Waals surface area contributed by atoms with Crippen LogP contribution in [0.25, 0.3) is 11.3 Å². The minimum Gasteiger partial charge on any atom is -0.461 e. The largest absolute Gasteiger partial charge is 0.461 e.